The van der Waals surface area contributed by atoms with Crippen molar-refractivity contribution in [2.45, 2.75) is 12.7 Å². The van der Waals surface area contributed by atoms with Crippen LogP contribution in [0.3, 0.4) is 0 Å². The molecule has 1 unspecified atom stereocenters. The van der Waals surface area contributed by atoms with Gasteiger partial charge in [-0.3, -0.25) is 4.99 Å². The van der Waals surface area contributed by atoms with Crippen LogP contribution in [0.15, 0.2) is 41.4 Å². The number of nitrogens with one attached hydrogen (secondary N) is 1. The number of halogens is 2. The number of piperazine rings is 1. The Labute approximate surface area is 188 Å². The Morgan fingerprint density at radius 3 is 2.47 bits per heavy atom. The van der Waals surface area contributed by atoms with Crippen LogP contribution in [0.25, 0.3) is 0 Å². The van der Waals surface area contributed by atoms with Crippen molar-refractivity contribution in [3.8, 4) is 5.75 Å². The van der Waals surface area contributed by atoms with Crippen molar-refractivity contribution in [3.63, 3.8) is 0 Å². The Bertz CT molecular complexity index is 894. The molecule has 4 rings (SSSR count). The topological polar surface area (TPSA) is 43.3 Å². The van der Waals surface area contributed by atoms with Gasteiger partial charge in [-0.2, -0.15) is 0 Å². The molecule has 1 atom stereocenters. The molecular formula is C22H27Cl2N5O. The van der Waals surface area contributed by atoms with Gasteiger partial charge in [0.2, 0.25) is 0 Å². The van der Waals surface area contributed by atoms with E-state index in [1.807, 2.05) is 24.4 Å². The number of benzene rings is 2. The third-order valence-corrected chi connectivity index (χ3v) is 6.21. The molecule has 160 valence electrons. The lowest BCUT2D eigenvalue weighted by molar-refractivity contribution is 0.312. The first kappa shape index (κ1) is 21.1. The summed E-state index contributed by atoms with van der Waals surface area (Å²) in [7, 11) is 3.85. The maximum atomic E-state index is 6.47. The summed E-state index contributed by atoms with van der Waals surface area (Å²) in [6.07, 6.45) is 2.45. The van der Waals surface area contributed by atoms with Crippen LogP contribution >= 0.6 is 23.2 Å². The predicted octanol–water partition coefficient (Wildman–Crippen LogP) is 4.43. The van der Waals surface area contributed by atoms with Gasteiger partial charge >= 0.3 is 0 Å². The highest BCUT2D eigenvalue weighted by atomic mass is 35.5. The summed E-state index contributed by atoms with van der Waals surface area (Å²) in [5.41, 5.74) is 2.85. The number of aliphatic imine (C=N–C) groups is 1. The zero-order valence-corrected chi connectivity index (χ0v) is 18.8. The van der Waals surface area contributed by atoms with E-state index in [-0.39, 0.29) is 6.29 Å². The molecule has 0 saturated carbocycles. The highest BCUT2D eigenvalue weighted by Crippen LogP contribution is 2.37. The van der Waals surface area contributed by atoms with E-state index >= 15 is 0 Å². The maximum absolute atomic E-state index is 6.47. The first-order valence-corrected chi connectivity index (χ1v) is 10.9. The van der Waals surface area contributed by atoms with Crippen LogP contribution in [0.2, 0.25) is 10.0 Å². The largest absolute Gasteiger partial charge is 0.495 e. The smallest absolute Gasteiger partial charge is 0.196 e. The van der Waals surface area contributed by atoms with E-state index in [1.165, 1.54) is 5.69 Å². The van der Waals surface area contributed by atoms with Crippen molar-refractivity contribution in [2.24, 2.45) is 4.99 Å². The molecule has 0 aliphatic carbocycles. The normalized spacial score (nSPS) is 19.8. The van der Waals surface area contributed by atoms with E-state index in [2.05, 4.69) is 50.3 Å². The molecule has 2 aromatic rings. The summed E-state index contributed by atoms with van der Waals surface area (Å²) in [5.74, 6) is 0.789. The van der Waals surface area contributed by atoms with Crippen LogP contribution in [0, 0.1) is 0 Å². The van der Waals surface area contributed by atoms with E-state index in [1.54, 1.807) is 7.11 Å². The van der Waals surface area contributed by atoms with Crippen LogP contribution in [-0.4, -0.2) is 64.3 Å². The molecule has 2 heterocycles. The van der Waals surface area contributed by atoms with Crippen LogP contribution < -0.4 is 19.9 Å². The van der Waals surface area contributed by atoms with Crippen LogP contribution in [0.5, 0.6) is 5.75 Å². The van der Waals surface area contributed by atoms with Gasteiger partial charge in [0.25, 0.3) is 0 Å². The molecule has 2 aromatic carbocycles. The fourth-order valence-electron chi connectivity index (χ4n) is 3.89. The second-order valence-electron chi connectivity index (χ2n) is 7.58. The standard InChI is InChI=1S/C22H27Cl2N5O/c1-27-11-13-28(14-12-27)16-7-8-19(20(15-16)30-2)26-22-25-9-4-10-29(22)21-17(23)5-3-6-18(21)24/h3,5-9,15,22,26H,4,10-14H2,1-2H3. The van der Waals surface area contributed by atoms with E-state index in [4.69, 9.17) is 27.9 Å². The van der Waals surface area contributed by atoms with Gasteiger partial charge in [0.1, 0.15) is 5.75 Å². The lowest BCUT2D eigenvalue weighted by Gasteiger charge is -2.36. The molecule has 6 nitrogen and oxygen atoms in total. The Morgan fingerprint density at radius 2 is 1.77 bits per heavy atom. The first-order chi connectivity index (χ1) is 14.6. The minimum Gasteiger partial charge on any atom is -0.495 e. The lowest BCUT2D eigenvalue weighted by atomic mass is 10.2. The van der Waals surface area contributed by atoms with Crippen molar-refractivity contribution in [3.05, 3.63) is 46.4 Å². The minimum atomic E-state index is -0.320. The zero-order chi connectivity index (χ0) is 21.1. The average Bonchev–Trinajstić information content (AvgIpc) is 2.75. The second kappa shape index (κ2) is 9.33. The third-order valence-electron chi connectivity index (χ3n) is 5.60. The lowest BCUT2D eigenvalue weighted by Crippen LogP contribution is -2.44. The maximum Gasteiger partial charge on any atom is 0.196 e. The van der Waals surface area contributed by atoms with Gasteiger partial charge in [0.15, 0.2) is 6.29 Å². The predicted molar refractivity (Wildman–Crippen MR) is 127 cm³/mol. The number of rotatable bonds is 5. The van der Waals surface area contributed by atoms with E-state index in [9.17, 15) is 0 Å². The van der Waals surface area contributed by atoms with E-state index in [0.29, 0.717) is 10.0 Å². The molecule has 0 aromatic heterocycles. The molecule has 0 amide bonds. The quantitative estimate of drug-likeness (QED) is 0.733. The molecule has 30 heavy (non-hydrogen) atoms. The fraction of sp³-hybridized carbons (Fsp3) is 0.409. The van der Waals surface area contributed by atoms with Crippen molar-refractivity contribution in [1.82, 2.24) is 4.90 Å². The SMILES string of the molecule is COc1cc(N2CCN(C)CC2)ccc1NC1N=CCCN1c1c(Cl)cccc1Cl. The van der Waals surface area contributed by atoms with Crippen LogP contribution in [0.4, 0.5) is 17.1 Å². The number of likely N-dealkylation sites (N-methyl/N-ethyl adjacent to an activating group) is 1. The molecule has 0 radical (unpaired) electrons. The number of hydrogen-bond donors (Lipinski definition) is 1. The number of methoxy groups -OCH3 is 1. The Hall–Kier alpha value is -2.15. The van der Waals surface area contributed by atoms with E-state index in [0.717, 1.165) is 56.3 Å². The van der Waals surface area contributed by atoms with Gasteiger partial charge in [-0.15, -0.1) is 0 Å². The molecule has 1 saturated heterocycles. The van der Waals surface area contributed by atoms with Gasteiger partial charge in [-0.05, 0) is 31.3 Å². The van der Waals surface area contributed by atoms with Crippen molar-refractivity contribution in [1.29, 1.82) is 0 Å². The molecule has 0 bridgehead atoms. The summed E-state index contributed by atoms with van der Waals surface area (Å²) in [5, 5.41) is 4.73. The third kappa shape index (κ3) is 4.46. The number of nitrogens with zero attached hydrogens (tertiary/aromatic N) is 4. The first-order valence-electron chi connectivity index (χ1n) is 10.2. The molecule has 8 heteroatoms. The van der Waals surface area contributed by atoms with Crippen LogP contribution in [0.1, 0.15) is 6.42 Å². The summed E-state index contributed by atoms with van der Waals surface area (Å²) in [6, 6.07) is 11.8. The Balaban J connectivity index is 1.57. The van der Waals surface area contributed by atoms with Crippen molar-refractivity contribution < 1.29 is 4.74 Å². The van der Waals surface area contributed by atoms with Crippen molar-refractivity contribution >= 4 is 46.5 Å². The highest BCUT2D eigenvalue weighted by molar-refractivity contribution is 6.39. The second-order valence-corrected chi connectivity index (χ2v) is 8.39. The molecule has 1 fully saturated rings. The molecule has 2 aliphatic heterocycles. The fourth-order valence-corrected chi connectivity index (χ4v) is 4.50. The highest BCUT2D eigenvalue weighted by Gasteiger charge is 2.25. The average molecular weight is 448 g/mol. The summed E-state index contributed by atoms with van der Waals surface area (Å²) >= 11 is 12.9. The molecule has 0 spiro atoms. The monoisotopic (exact) mass is 447 g/mol. The summed E-state index contributed by atoms with van der Waals surface area (Å²) in [6.45, 7) is 4.92. The minimum absolute atomic E-state index is 0.320. The summed E-state index contributed by atoms with van der Waals surface area (Å²) in [4.78, 5) is 11.5. The van der Waals surface area contributed by atoms with Gasteiger partial charge in [-0.1, -0.05) is 29.3 Å². The molecular weight excluding hydrogens is 421 g/mol. The zero-order valence-electron chi connectivity index (χ0n) is 17.3. The van der Waals surface area contributed by atoms with Gasteiger partial charge < -0.3 is 24.8 Å². The Kier molecular flexibility index (Phi) is 6.56. The molecule has 1 N–H and O–H groups in total. The van der Waals surface area contributed by atoms with Gasteiger partial charge in [0.05, 0.1) is 28.5 Å². The van der Waals surface area contributed by atoms with Crippen LogP contribution in [-0.2, 0) is 0 Å². The van der Waals surface area contributed by atoms with Gasteiger partial charge in [-0.25, -0.2) is 0 Å². The summed E-state index contributed by atoms with van der Waals surface area (Å²) < 4.78 is 5.71. The number of para-hydroxylation sites is 1. The van der Waals surface area contributed by atoms with Crippen molar-refractivity contribution in [2.75, 3.05) is 62.0 Å². The number of hydrogen-bond acceptors (Lipinski definition) is 6. The molecule has 2 aliphatic rings. The van der Waals surface area contributed by atoms with E-state index < -0.39 is 0 Å². The number of ether oxygens (including phenoxy) is 1. The Morgan fingerprint density at radius 1 is 1.03 bits per heavy atom. The number of anilines is 3. The van der Waals surface area contributed by atoms with Gasteiger partial charge in [0, 0.05) is 57.1 Å².